The Hall–Kier alpha value is -0.0400. The average molecular weight is 225 g/mol. The first-order valence-electron chi connectivity index (χ1n) is 7.40. The van der Waals surface area contributed by atoms with Gasteiger partial charge in [0.05, 0.1) is 0 Å². The first-order chi connectivity index (χ1) is 7.67. The van der Waals surface area contributed by atoms with Crippen LogP contribution in [0.2, 0.25) is 0 Å². The van der Waals surface area contributed by atoms with Gasteiger partial charge in [-0.15, -0.1) is 0 Å². The summed E-state index contributed by atoms with van der Waals surface area (Å²) in [5.74, 6) is 0. The molecule has 96 valence electrons. The molecule has 1 heteroatoms. The minimum Gasteiger partial charge on any atom is -0.313 e. The molecule has 0 spiro atoms. The molecular formula is C15H31N. The van der Waals surface area contributed by atoms with Crippen molar-refractivity contribution in [3.8, 4) is 0 Å². The van der Waals surface area contributed by atoms with Gasteiger partial charge in [0, 0.05) is 6.04 Å². The van der Waals surface area contributed by atoms with Crippen LogP contribution in [0.15, 0.2) is 0 Å². The Bertz CT molecular complexity index is 174. The first-order valence-corrected chi connectivity index (χ1v) is 7.40. The summed E-state index contributed by atoms with van der Waals surface area (Å²) >= 11 is 0. The van der Waals surface area contributed by atoms with Crippen molar-refractivity contribution >= 4 is 0 Å². The van der Waals surface area contributed by atoms with Crippen molar-refractivity contribution in [2.45, 2.75) is 84.6 Å². The third-order valence-corrected chi connectivity index (χ3v) is 4.18. The molecule has 0 radical (unpaired) electrons. The summed E-state index contributed by atoms with van der Waals surface area (Å²) in [5, 5.41) is 3.76. The Morgan fingerprint density at radius 3 is 2.38 bits per heavy atom. The molecular weight excluding hydrogens is 194 g/mol. The molecule has 16 heavy (non-hydrogen) atoms. The highest BCUT2D eigenvalue weighted by atomic mass is 14.9. The fraction of sp³-hybridized carbons (Fsp3) is 1.00. The van der Waals surface area contributed by atoms with Crippen LogP contribution < -0.4 is 5.32 Å². The molecule has 0 aromatic rings. The number of unbranched alkanes of at least 4 members (excludes halogenated alkanes) is 5. The second-order valence-electron chi connectivity index (χ2n) is 6.16. The fourth-order valence-corrected chi connectivity index (χ4v) is 2.89. The van der Waals surface area contributed by atoms with Gasteiger partial charge >= 0.3 is 0 Å². The molecule has 1 unspecified atom stereocenters. The van der Waals surface area contributed by atoms with Crippen molar-refractivity contribution in [2.75, 3.05) is 6.54 Å². The van der Waals surface area contributed by atoms with Gasteiger partial charge in [-0.3, -0.25) is 0 Å². The molecule has 0 saturated heterocycles. The second kappa shape index (κ2) is 7.32. The SMILES string of the molecule is CCCCCCCCNC1CCCC1(C)C. The highest BCUT2D eigenvalue weighted by Crippen LogP contribution is 2.37. The molecule has 0 aliphatic heterocycles. The van der Waals surface area contributed by atoms with E-state index in [-0.39, 0.29) is 0 Å². The lowest BCUT2D eigenvalue weighted by Gasteiger charge is -2.28. The predicted molar refractivity (Wildman–Crippen MR) is 72.8 cm³/mol. The van der Waals surface area contributed by atoms with Crippen LogP contribution in [0.3, 0.4) is 0 Å². The lowest BCUT2D eigenvalue weighted by atomic mass is 9.87. The summed E-state index contributed by atoms with van der Waals surface area (Å²) in [6, 6.07) is 0.781. The van der Waals surface area contributed by atoms with E-state index in [1.165, 1.54) is 64.3 Å². The van der Waals surface area contributed by atoms with Gasteiger partial charge < -0.3 is 5.32 Å². The number of hydrogen-bond acceptors (Lipinski definition) is 1. The third kappa shape index (κ3) is 4.86. The molecule has 1 nitrogen and oxygen atoms in total. The zero-order valence-electron chi connectivity index (χ0n) is 11.6. The Kier molecular flexibility index (Phi) is 6.41. The van der Waals surface area contributed by atoms with Crippen LogP contribution in [0, 0.1) is 5.41 Å². The highest BCUT2D eigenvalue weighted by molar-refractivity contribution is 4.89. The minimum atomic E-state index is 0.544. The van der Waals surface area contributed by atoms with E-state index in [0.717, 1.165) is 6.04 Å². The highest BCUT2D eigenvalue weighted by Gasteiger charge is 2.33. The largest absolute Gasteiger partial charge is 0.313 e. The lowest BCUT2D eigenvalue weighted by molar-refractivity contribution is 0.282. The van der Waals surface area contributed by atoms with Gasteiger partial charge in [-0.25, -0.2) is 0 Å². The van der Waals surface area contributed by atoms with E-state index in [2.05, 4.69) is 26.1 Å². The summed E-state index contributed by atoms with van der Waals surface area (Å²) < 4.78 is 0. The topological polar surface area (TPSA) is 12.0 Å². The predicted octanol–water partition coefficient (Wildman–Crippen LogP) is 4.52. The van der Waals surface area contributed by atoms with Crippen LogP contribution in [-0.2, 0) is 0 Å². The van der Waals surface area contributed by atoms with Crippen LogP contribution in [-0.4, -0.2) is 12.6 Å². The summed E-state index contributed by atoms with van der Waals surface area (Å²) in [6.07, 6.45) is 12.6. The summed E-state index contributed by atoms with van der Waals surface area (Å²) in [5.41, 5.74) is 0.544. The van der Waals surface area contributed by atoms with E-state index < -0.39 is 0 Å². The summed E-state index contributed by atoms with van der Waals surface area (Å²) in [6.45, 7) is 8.35. The van der Waals surface area contributed by atoms with Crippen molar-refractivity contribution in [1.29, 1.82) is 0 Å². The van der Waals surface area contributed by atoms with E-state index in [1.54, 1.807) is 0 Å². The Morgan fingerprint density at radius 1 is 1.06 bits per heavy atom. The molecule has 0 heterocycles. The van der Waals surface area contributed by atoms with E-state index in [0.29, 0.717) is 5.41 Å². The van der Waals surface area contributed by atoms with Gasteiger partial charge in [0.15, 0.2) is 0 Å². The van der Waals surface area contributed by atoms with Crippen molar-refractivity contribution in [2.24, 2.45) is 5.41 Å². The Balaban J connectivity index is 1.95. The Labute approximate surface area is 102 Å². The van der Waals surface area contributed by atoms with Gasteiger partial charge in [-0.05, 0) is 31.2 Å². The molecule has 1 aliphatic carbocycles. The lowest BCUT2D eigenvalue weighted by Crippen LogP contribution is -2.38. The maximum Gasteiger partial charge on any atom is 0.0118 e. The quantitative estimate of drug-likeness (QED) is 0.599. The van der Waals surface area contributed by atoms with E-state index >= 15 is 0 Å². The van der Waals surface area contributed by atoms with Crippen LogP contribution in [0.4, 0.5) is 0 Å². The monoisotopic (exact) mass is 225 g/mol. The van der Waals surface area contributed by atoms with E-state index in [4.69, 9.17) is 0 Å². The van der Waals surface area contributed by atoms with E-state index in [1.807, 2.05) is 0 Å². The molecule has 1 atom stereocenters. The van der Waals surface area contributed by atoms with Crippen molar-refractivity contribution in [3.63, 3.8) is 0 Å². The molecule has 1 rings (SSSR count). The van der Waals surface area contributed by atoms with Crippen LogP contribution >= 0.6 is 0 Å². The number of rotatable bonds is 8. The smallest absolute Gasteiger partial charge is 0.0118 e. The van der Waals surface area contributed by atoms with Gasteiger partial charge in [-0.2, -0.15) is 0 Å². The summed E-state index contributed by atoms with van der Waals surface area (Å²) in [7, 11) is 0. The summed E-state index contributed by atoms with van der Waals surface area (Å²) in [4.78, 5) is 0. The number of nitrogens with one attached hydrogen (secondary N) is 1. The zero-order chi connectivity index (χ0) is 11.9. The maximum absolute atomic E-state index is 3.76. The maximum atomic E-state index is 3.76. The average Bonchev–Trinajstić information content (AvgIpc) is 2.57. The Morgan fingerprint density at radius 2 is 1.75 bits per heavy atom. The molecule has 0 aromatic heterocycles. The van der Waals surface area contributed by atoms with E-state index in [9.17, 15) is 0 Å². The normalized spacial score (nSPS) is 23.8. The van der Waals surface area contributed by atoms with Crippen molar-refractivity contribution in [1.82, 2.24) is 5.32 Å². The third-order valence-electron chi connectivity index (χ3n) is 4.18. The van der Waals surface area contributed by atoms with Crippen molar-refractivity contribution in [3.05, 3.63) is 0 Å². The first kappa shape index (κ1) is 14.0. The zero-order valence-corrected chi connectivity index (χ0v) is 11.6. The van der Waals surface area contributed by atoms with Crippen LogP contribution in [0.5, 0.6) is 0 Å². The molecule has 1 N–H and O–H groups in total. The second-order valence-corrected chi connectivity index (χ2v) is 6.16. The standard InChI is InChI=1S/C15H31N/c1-4-5-6-7-8-9-13-16-14-11-10-12-15(14,2)3/h14,16H,4-13H2,1-3H3. The molecule has 1 aliphatic rings. The van der Waals surface area contributed by atoms with Gasteiger partial charge in [-0.1, -0.05) is 59.3 Å². The molecule has 1 fully saturated rings. The minimum absolute atomic E-state index is 0.544. The fourth-order valence-electron chi connectivity index (χ4n) is 2.89. The molecule has 0 bridgehead atoms. The van der Waals surface area contributed by atoms with Gasteiger partial charge in [0.25, 0.3) is 0 Å². The molecule has 0 aromatic carbocycles. The van der Waals surface area contributed by atoms with Crippen molar-refractivity contribution < 1.29 is 0 Å². The van der Waals surface area contributed by atoms with Gasteiger partial charge in [0.1, 0.15) is 0 Å². The van der Waals surface area contributed by atoms with Crippen LogP contribution in [0.25, 0.3) is 0 Å². The number of hydrogen-bond donors (Lipinski definition) is 1. The molecule has 0 amide bonds. The molecule has 1 saturated carbocycles. The van der Waals surface area contributed by atoms with Gasteiger partial charge in [0.2, 0.25) is 0 Å². The van der Waals surface area contributed by atoms with Crippen LogP contribution in [0.1, 0.15) is 78.6 Å².